The SMILES string of the molecule is COCCCNC(=O)[C@@H]1CCCC[C@@H]1C1=NC=C(c2ccc(-c3ccc(C4=CN=C([C@@H]5CCCN5C(=O)[C@@H](NC(=O)OC)C(C)C)C4)cc3)cc2)C1. The molecular weight excluding hydrogens is 654 g/mol. The fourth-order valence-electron chi connectivity index (χ4n) is 8.09. The van der Waals surface area contributed by atoms with Gasteiger partial charge in [0.15, 0.2) is 0 Å². The van der Waals surface area contributed by atoms with Gasteiger partial charge in [0.05, 0.1) is 13.2 Å². The first-order chi connectivity index (χ1) is 25.3. The number of carbonyl (C=O) groups is 3. The normalized spacial score (nSPS) is 22.0. The molecule has 6 rings (SSSR count). The lowest BCUT2D eigenvalue weighted by Crippen LogP contribution is -2.53. The maximum Gasteiger partial charge on any atom is 0.407 e. The van der Waals surface area contributed by atoms with Gasteiger partial charge < -0.3 is 25.0 Å². The zero-order valence-electron chi connectivity index (χ0n) is 31.0. The van der Waals surface area contributed by atoms with Crippen molar-refractivity contribution >= 4 is 40.5 Å². The van der Waals surface area contributed by atoms with Crippen LogP contribution in [0.15, 0.2) is 70.9 Å². The van der Waals surface area contributed by atoms with Gasteiger partial charge in [0.25, 0.3) is 0 Å². The van der Waals surface area contributed by atoms with E-state index in [1.165, 1.54) is 12.7 Å². The number of benzene rings is 2. The monoisotopic (exact) mass is 707 g/mol. The van der Waals surface area contributed by atoms with Gasteiger partial charge in [0.2, 0.25) is 11.8 Å². The van der Waals surface area contributed by atoms with E-state index in [0.717, 1.165) is 90.6 Å². The van der Waals surface area contributed by atoms with E-state index in [0.29, 0.717) is 26.1 Å². The highest BCUT2D eigenvalue weighted by Crippen LogP contribution is 2.37. The Morgan fingerprint density at radius 3 is 2.02 bits per heavy atom. The van der Waals surface area contributed by atoms with Crippen molar-refractivity contribution in [1.29, 1.82) is 0 Å². The van der Waals surface area contributed by atoms with Crippen molar-refractivity contribution in [3.63, 3.8) is 0 Å². The predicted octanol–water partition coefficient (Wildman–Crippen LogP) is 7.06. The van der Waals surface area contributed by atoms with E-state index in [-0.39, 0.29) is 35.6 Å². The zero-order valence-corrected chi connectivity index (χ0v) is 31.0. The Hall–Kier alpha value is -4.57. The Morgan fingerprint density at radius 2 is 1.40 bits per heavy atom. The number of alkyl carbamates (subject to hydrolysis) is 1. The highest BCUT2D eigenvalue weighted by Gasteiger charge is 2.39. The van der Waals surface area contributed by atoms with Crippen molar-refractivity contribution in [2.24, 2.45) is 27.7 Å². The van der Waals surface area contributed by atoms with Gasteiger partial charge in [-0.2, -0.15) is 0 Å². The zero-order chi connectivity index (χ0) is 36.6. The highest BCUT2D eigenvalue weighted by atomic mass is 16.5. The number of ether oxygens (including phenoxy) is 2. The largest absolute Gasteiger partial charge is 0.453 e. The van der Waals surface area contributed by atoms with Gasteiger partial charge in [-0.1, -0.05) is 75.2 Å². The summed E-state index contributed by atoms with van der Waals surface area (Å²) in [4.78, 5) is 50.1. The van der Waals surface area contributed by atoms with Crippen LogP contribution in [0, 0.1) is 17.8 Å². The average Bonchev–Trinajstić information content (AvgIpc) is 3.97. The maximum absolute atomic E-state index is 13.5. The molecule has 1 aliphatic carbocycles. The minimum Gasteiger partial charge on any atom is -0.453 e. The molecule has 2 aromatic rings. The number of nitrogens with one attached hydrogen (secondary N) is 2. The van der Waals surface area contributed by atoms with E-state index < -0.39 is 12.1 Å². The van der Waals surface area contributed by atoms with Gasteiger partial charge in [-0.15, -0.1) is 0 Å². The van der Waals surface area contributed by atoms with E-state index in [2.05, 4.69) is 59.2 Å². The van der Waals surface area contributed by atoms with Crippen LogP contribution in [0.3, 0.4) is 0 Å². The van der Waals surface area contributed by atoms with Crippen LogP contribution in [-0.4, -0.2) is 80.2 Å². The second-order valence-corrected chi connectivity index (χ2v) is 14.7. The number of likely N-dealkylation sites (tertiary alicyclic amines) is 1. The highest BCUT2D eigenvalue weighted by molar-refractivity contribution is 6.04. The third-order valence-corrected chi connectivity index (χ3v) is 11.0. The fraction of sp³-hybridized carbons (Fsp3) is 0.500. The summed E-state index contributed by atoms with van der Waals surface area (Å²) in [7, 11) is 2.99. The van der Waals surface area contributed by atoms with Gasteiger partial charge in [-0.25, -0.2) is 4.79 Å². The molecule has 2 fully saturated rings. The molecule has 2 N–H and O–H groups in total. The summed E-state index contributed by atoms with van der Waals surface area (Å²) in [5, 5.41) is 5.85. The molecule has 0 unspecified atom stereocenters. The summed E-state index contributed by atoms with van der Waals surface area (Å²) < 4.78 is 9.89. The Morgan fingerprint density at radius 1 is 0.808 bits per heavy atom. The number of hydrogen-bond donors (Lipinski definition) is 2. The van der Waals surface area contributed by atoms with E-state index in [1.54, 1.807) is 7.11 Å². The Bertz CT molecular complexity index is 1730. The van der Waals surface area contributed by atoms with Crippen molar-refractivity contribution < 1.29 is 23.9 Å². The van der Waals surface area contributed by atoms with Crippen LogP contribution >= 0.6 is 0 Å². The summed E-state index contributed by atoms with van der Waals surface area (Å²) >= 11 is 0. The van der Waals surface area contributed by atoms with Crippen LogP contribution in [0.5, 0.6) is 0 Å². The van der Waals surface area contributed by atoms with E-state index >= 15 is 0 Å². The molecular formula is C42H53N5O5. The van der Waals surface area contributed by atoms with Gasteiger partial charge in [0.1, 0.15) is 6.04 Å². The Kier molecular flexibility index (Phi) is 12.4. The first-order valence-corrected chi connectivity index (χ1v) is 18.9. The topological polar surface area (TPSA) is 122 Å². The number of amides is 3. The van der Waals surface area contributed by atoms with Crippen molar-refractivity contribution in [2.75, 3.05) is 33.9 Å². The molecule has 3 aliphatic heterocycles. The molecule has 2 aromatic carbocycles. The molecule has 4 aliphatic rings. The molecule has 52 heavy (non-hydrogen) atoms. The molecule has 276 valence electrons. The quantitative estimate of drug-likeness (QED) is 0.216. The molecule has 1 saturated heterocycles. The number of rotatable bonds is 13. The molecule has 0 bridgehead atoms. The van der Waals surface area contributed by atoms with Crippen LogP contribution in [0.25, 0.3) is 22.3 Å². The number of methoxy groups -OCH3 is 2. The molecule has 0 radical (unpaired) electrons. The molecule has 10 nitrogen and oxygen atoms in total. The van der Waals surface area contributed by atoms with Crippen molar-refractivity contribution in [3.05, 3.63) is 72.1 Å². The summed E-state index contributed by atoms with van der Waals surface area (Å²) in [6.45, 7) is 5.80. The molecule has 3 amide bonds. The van der Waals surface area contributed by atoms with E-state index in [4.69, 9.17) is 19.5 Å². The van der Waals surface area contributed by atoms with Gasteiger partial charge in [-0.3, -0.25) is 19.6 Å². The third-order valence-electron chi connectivity index (χ3n) is 11.0. The van der Waals surface area contributed by atoms with Gasteiger partial charge >= 0.3 is 6.09 Å². The first-order valence-electron chi connectivity index (χ1n) is 18.9. The van der Waals surface area contributed by atoms with Crippen molar-refractivity contribution in [1.82, 2.24) is 15.5 Å². The molecule has 3 heterocycles. The van der Waals surface area contributed by atoms with E-state index in [9.17, 15) is 14.4 Å². The minimum atomic E-state index is -0.643. The van der Waals surface area contributed by atoms with Crippen LogP contribution in [0.2, 0.25) is 0 Å². The lowest BCUT2D eigenvalue weighted by molar-refractivity contribution is -0.134. The summed E-state index contributed by atoms with van der Waals surface area (Å²) in [5.74, 6) is 0.195. The molecule has 0 aromatic heterocycles. The standard InChI is InChI=1S/C42H53N5O5/c1-27(2)39(46-42(50)52-4)41(49)47-21-7-11-38(47)37-24-33(26-45-37)31-18-14-29(15-19-31)28-12-16-30(17-13-28)32-23-36(44-25-32)34-9-5-6-10-35(34)40(48)43-20-8-22-51-3/h12-19,25-27,34-35,38-39H,5-11,20-24H2,1-4H3,(H,43,48)(H,46,50)/t34-,35+,38-,39-/m0/s1. The third kappa shape index (κ3) is 8.55. The number of carbonyl (C=O) groups excluding carboxylic acids is 3. The van der Waals surface area contributed by atoms with Crippen LogP contribution in [0.1, 0.15) is 82.8 Å². The predicted molar refractivity (Wildman–Crippen MR) is 206 cm³/mol. The smallest absolute Gasteiger partial charge is 0.407 e. The van der Waals surface area contributed by atoms with Crippen LogP contribution < -0.4 is 10.6 Å². The number of allylic oxidation sites excluding steroid dienone is 2. The molecule has 0 spiro atoms. The molecule has 10 heteroatoms. The molecule has 4 atom stereocenters. The van der Waals surface area contributed by atoms with Crippen LogP contribution in [0.4, 0.5) is 4.79 Å². The fourth-order valence-corrected chi connectivity index (χ4v) is 8.09. The average molecular weight is 708 g/mol. The Balaban J connectivity index is 1.03. The summed E-state index contributed by atoms with van der Waals surface area (Å²) in [6, 6.07) is 16.6. The Labute approximate surface area is 307 Å². The lowest BCUT2D eigenvalue weighted by atomic mass is 9.75. The number of hydrogen-bond acceptors (Lipinski definition) is 7. The summed E-state index contributed by atoms with van der Waals surface area (Å²) in [5.41, 5.74) is 9.04. The second kappa shape index (κ2) is 17.3. The number of nitrogens with zero attached hydrogens (tertiary/aromatic N) is 3. The van der Waals surface area contributed by atoms with E-state index in [1.807, 2.05) is 31.1 Å². The summed E-state index contributed by atoms with van der Waals surface area (Å²) in [6.07, 6.45) is 11.6. The van der Waals surface area contributed by atoms with Crippen LogP contribution in [-0.2, 0) is 19.1 Å². The van der Waals surface area contributed by atoms with Crippen molar-refractivity contribution in [3.8, 4) is 11.1 Å². The van der Waals surface area contributed by atoms with Crippen molar-refractivity contribution in [2.45, 2.75) is 83.7 Å². The van der Waals surface area contributed by atoms with Gasteiger partial charge in [0, 0.05) is 75.3 Å². The second-order valence-electron chi connectivity index (χ2n) is 14.7. The minimum absolute atomic E-state index is 0.00721. The van der Waals surface area contributed by atoms with Gasteiger partial charge in [-0.05, 0) is 71.4 Å². The maximum atomic E-state index is 13.5. The first kappa shape index (κ1) is 37.2. The lowest BCUT2D eigenvalue weighted by Gasteiger charge is -2.31. The number of aliphatic imine (C=N–C) groups is 2. The molecule has 1 saturated carbocycles.